The molecule has 2 heterocycles. The van der Waals surface area contributed by atoms with Crippen molar-refractivity contribution in [2.75, 3.05) is 19.7 Å². The van der Waals surface area contributed by atoms with Crippen molar-refractivity contribution in [1.82, 2.24) is 14.0 Å². The fourth-order valence-corrected chi connectivity index (χ4v) is 2.94. The summed E-state index contributed by atoms with van der Waals surface area (Å²) < 4.78 is 8.09. The van der Waals surface area contributed by atoms with E-state index in [0.29, 0.717) is 19.7 Å². The first-order valence-corrected chi connectivity index (χ1v) is 8.37. The molecule has 1 amide bonds. The average molecular weight is 355 g/mol. The van der Waals surface area contributed by atoms with E-state index in [0.717, 1.165) is 10.1 Å². The number of aryl methyl sites for hydroxylation is 1. The largest absolute Gasteiger partial charge is 0.370 e. The first-order valence-electron chi connectivity index (χ1n) is 8.37. The van der Waals surface area contributed by atoms with E-state index >= 15 is 0 Å². The predicted octanol–water partition coefficient (Wildman–Crippen LogP) is 0.697. The number of amides is 1. The molecule has 3 rings (SSSR count). The third kappa shape index (κ3) is 3.67. The Morgan fingerprint density at radius 1 is 1.19 bits per heavy atom. The molecule has 7 heteroatoms. The molecular formula is C19H21N3O4. The molecule has 0 saturated carbocycles. The van der Waals surface area contributed by atoms with E-state index in [4.69, 9.17) is 4.74 Å². The van der Waals surface area contributed by atoms with Gasteiger partial charge in [-0.3, -0.25) is 14.2 Å². The molecule has 1 unspecified atom stereocenters. The summed E-state index contributed by atoms with van der Waals surface area (Å²) in [7, 11) is 2.98. The highest BCUT2D eigenvalue weighted by Gasteiger charge is 2.24. The van der Waals surface area contributed by atoms with E-state index in [1.54, 1.807) is 11.9 Å². The average Bonchev–Trinajstić information content (AvgIpc) is 2.68. The van der Waals surface area contributed by atoms with Gasteiger partial charge in [-0.05, 0) is 11.6 Å². The number of ether oxygens (including phenoxy) is 1. The van der Waals surface area contributed by atoms with Gasteiger partial charge in [-0.25, -0.2) is 4.79 Å². The molecule has 0 N–H and O–H groups in total. The summed E-state index contributed by atoms with van der Waals surface area (Å²) in [5.74, 6) is -0.190. The third-order valence-corrected chi connectivity index (χ3v) is 4.43. The molecule has 0 radical (unpaired) electrons. The number of hydrogen-bond donors (Lipinski definition) is 0. The van der Waals surface area contributed by atoms with Crippen LogP contribution in [0.15, 0.2) is 52.2 Å². The van der Waals surface area contributed by atoms with Crippen LogP contribution in [-0.4, -0.2) is 39.6 Å². The summed E-state index contributed by atoms with van der Waals surface area (Å²) in [6.45, 7) is 1.41. The number of morpholine rings is 1. The highest BCUT2D eigenvalue weighted by molar-refractivity contribution is 5.91. The van der Waals surface area contributed by atoms with E-state index in [2.05, 4.69) is 0 Å². The van der Waals surface area contributed by atoms with Crippen molar-refractivity contribution >= 4 is 12.0 Å². The summed E-state index contributed by atoms with van der Waals surface area (Å²) in [6, 6.07) is 9.76. The minimum atomic E-state index is -0.429. The van der Waals surface area contributed by atoms with E-state index in [1.165, 1.54) is 30.0 Å². The van der Waals surface area contributed by atoms with Gasteiger partial charge in [0.25, 0.3) is 5.56 Å². The van der Waals surface area contributed by atoms with Gasteiger partial charge in [-0.1, -0.05) is 30.3 Å². The zero-order valence-electron chi connectivity index (χ0n) is 14.8. The molecule has 2 aromatic rings. The second kappa shape index (κ2) is 7.53. The monoisotopic (exact) mass is 355 g/mol. The Morgan fingerprint density at radius 2 is 1.92 bits per heavy atom. The quantitative estimate of drug-likeness (QED) is 0.760. The first kappa shape index (κ1) is 17.9. The Bertz CT molecular complexity index is 943. The van der Waals surface area contributed by atoms with Crippen molar-refractivity contribution in [3.05, 3.63) is 74.6 Å². The van der Waals surface area contributed by atoms with Crippen molar-refractivity contribution in [2.24, 2.45) is 14.1 Å². The van der Waals surface area contributed by atoms with Crippen molar-refractivity contribution in [2.45, 2.75) is 6.10 Å². The number of carbonyl (C=O) groups excluding carboxylic acids is 1. The minimum Gasteiger partial charge on any atom is -0.370 e. The standard InChI is InChI=1S/C19H21N3O4/c1-20-12-15(18(24)21(2)19(20)25)8-9-17(23)22-10-11-26-16(13-22)14-6-4-3-5-7-14/h3-9,12,16H,10-11,13H2,1-2H3/b9-8+. The summed E-state index contributed by atoms with van der Waals surface area (Å²) in [4.78, 5) is 38.0. The van der Waals surface area contributed by atoms with Gasteiger partial charge >= 0.3 is 5.69 Å². The maximum absolute atomic E-state index is 12.5. The van der Waals surface area contributed by atoms with E-state index < -0.39 is 11.2 Å². The van der Waals surface area contributed by atoms with Crippen LogP contribution in [0.25, 0.3) is 6.08 Å². The molecule has 1 fully saturated rings. The maximum Gasteiger partial charge on any atom is 0.330 e. The number of rotatable bonds is 3. The fraction of sp³-hybridized carbons (Fsp3) is 0.316. The molecule has 1 aliphatic rings. The van der Waals surface area contributed by atoms with Gasteiger partial charge in [0.2, 0.25) is 5.91 Å². The van der Waals surface area contributed by atoms with Crippen LogP contribution >= 0.6 is 0 Å². The van der Waals surface area contributed by atoms with Gasteiger partial charge in [-0.2, -0.15) is 0 Å². The molecule has 1 aromatic carbocycles. The fourth-order valence-electron chi connectivity index (χ4n) is 2.94. The molecule has 7 nitrogen and oxygen atoms in total. The summed E-state index contributed by atoms with van der Waals surface area (Å²) in [5.41, 5.74) is 0.482. The van der Waals surface area contributed by atoms with E-state index in [-0.39, 0.29) is 17.6 Å². The normalized spacial score (nSPS) is 17.6. The van der Waals surface area contributed by atoms with Gasteiger partial charge < -0.3 is 14.2 Å². The summed E-state index contributed by atoms with van der Waals surface area (Å²) >= 11 is 0. The zero-order chi connectivity index (χ0) is 18.7. The van der Waals surface area contributed by atoms with Crippen LogP contribution in [0.5, 0.6) is 0 Å². The van der Waals surface area contributed by atoms with Gasteiger partial charge in [-0.15, -0.1) is 0 Å². The number of nitrogens with zero attached hydrogens (tertiary/aromatic N) is 3. The molecule has 136 valence electrons. The lowest BCUT2D eigenvalue weighted by Crippen LogP contribution is -2.41. The van der Waals surface area contributed by atoms with Gasteiger partial charge in [0.05, 0.1) is 18.7 Å². The molecule has 1 saturated heterocycles. The second-order valence-corrected chi connectivity index (χ2v) is 6.23. The Kier molecular flexibility index (Phi) is 5.18. The Balaban J connectivity index is 1.75. The van der Waals surface area contributed by atoms with Crippen LogP contribution in [0.2, 0.25) is 0 Å². The first-order chi connectivity index (χ1) is 12.5. The lowest BCUT2D eigenvalue weighted by Gasteiger charge is -2.32. The summed E-state index contributed by atoms with van der Waals surface area (Å²) in [5, 5.41) is 0. The van der Waals surface area contributed by atoms with Gasteiger partial charge in [0.15, 0.2) is 0 Å². The molecule has 1 aliphatic heterocycles. The van der Waals surface area contributed by atoms with Crippen molar-refractivity contribution in [3.63, 3.8) is 0 Å². The van der Waals surface area contributed by atoms with Crippen LogP contribution < -0.4 is 11.2 Å². The number of benzene rings is 1. The third-order valence-electron chi connectivity index (χ3n) is 4.43. The number of aromatic nitrogens is 2. The SMILES string of the molecule is Cn1cc(/C=C/C(=O)N2CCOC(c3ccccc3)C2)c(=O)n(C)c1=O. The Labute approximate surface area is 150 Å². The highest BCUT2D eigenvalue weighted by atomic mass is 16.5. The van der Waals surface area contributed by atoms with Crippen molar-refractivity contribution in [1.29, 1.82) is 0 Å². The molecule has 1 aromatic heterocycles. The van der Waals surface area contributed by atoms with Crippen molar-refractivity contribution < 1.29 is 9.53 Å². The zero-order valence-corrected chi connectivity index (χ0v) is 14.8. The molecule has 26 heavy (non-hydrogen) atoms. The van der Waals surface area contributed by atoms with Crippen LogP contribution in [-0.2, 0) is 23.6 Å². The van der Waals surface area contributed by atoms with E-state index in [1.807, 2.05) is 30.3 Å². The van der Waals surface area contributed by atoms with Crippen LogP contribution in [0, 0.1) is 0 Å². The summed E-state index contributed by atoms with van der Waals surface area (Å²) in [6.07, 6.45) is 4.10. The highest BCUT2D eigenvalue weighted by Crippen LogP contribution is 2.22. The molecule has 0 bridgehead atoms. The topological polar surface area (TPSA) is 73.5 Å². The lowest BCUT2D eigenvalue weighted by molar-refractivity contribution is -0.133. The molecular weight excluding hydrogens is 334 g/mol. The van der Waals surface area contributed by atoms with E-state index in [9.17, 15) is 14.4 Å². The Hall–Kier alpha value is -2.93. The molecule has 0 aliphatic carbocycles. The van der Waals surface area contributed by atoms with Gasteiger partial charge in [0, 0.05) is 32.9 Å². The number of carbonyl (C=O) groups is 1. The molecule has 1 atom stereocenters. The Morgan fingerprint density at radius 3 is 2.65 bits per heavy atom. The van der Waals surface area contributed by atoms with Gasteiger partial charge in [0.1, 0.15) is 6.10 Å². The van der Waals surface area contributed by atoms with Crippen LogP contribution in [0.4, 0.5) is 0 Å². The lowest BCUT2D eigenvalue weighted by atomic mass is 10.1. The van der Waals surface area contributed by atoms with Crippen molar-refractivity contribution in [3.8, 4) is 0 Å². The molecule has 0 spiro atoms. The second-order valence-electron chi connectivity index (χ2n) is 6.23. The predicted molar refractivity (Wildman–Crippen MR) is 97.7 cm³/mol. The minimum absolute atomic E-state index is 0.160. The number of hydrogen-bond acceptors (Lipinski definition) is 4. The maximum atomic E-state index is 12.5. The smallest absolute Gasteiger partial charge is 0.330 e. The van der Waals surface area contributed by atoms with Crippen LogP contribution in [0.3, 0.4) is 0 Å². The van der Waals surface area contributed by atoms with Crippen LogP contribution in [0.1, 0.15) is 17.2 Å².